The lowest BCUT2D eigenvalue weighted by Crippen LogP contribution is -2.29. The van der Waals surface area contributed by atoms with Crippen LogP contribution >= 0.6 is 0 Å². The molecule has 1 fully saturated rings. The molecule has 3 heteroatoms. The number of ether oxygens (including phenoxy) is 1. The van der Waals surface area contributed by atoms with Crippen LogP contribution in [0.3, 0.4) is 0 Å². The van der Waals surface area contributed by atoms with Crippen molar-refractivity contribution >= 4 is 0 Å². The minimum absolute atomic E-state index is 0.398. The third kappa shape index (κ3) is 3.55. The Balaban J connectivity index is 1.88. The molecule has 1 heterocycles. The van der Waals surface area contributed by atoms with E-state index in [9.17, 15) is 0 Å². The van der Waals surface area contributed by atoms with Gasteiger partial charge in [0, 0.05) is 19.6 Å². The maximum absolute atomic E-state index is 5.86. The van der Waals surface area contributed by atoms with Gasteiger partial charge in [-0.1, -0.05) is 24.3 Å². The molecule has 3 nitrogen and oxygen atoms in total. The Hall–Kier alpha value is -0.900. The molecular formula is C15H24N2O. The Morgan fingerprint density at radius 2 is 2.00 bits per heavy atom. The van der Waals surface area contributed by atoms with Crippen molar-refractivity contribution in [2.75, 3.05) is 13.6 Å². The van der Waals surface area contributed by atoms with E-state index in [-0.39, 0.29) is 0 Å². The molecule has 0 spiro atoms. The van der Waals surface area contributed by atoms with Crippen molar-refractivity contribution < 1.29 is 4.74 Å². The van der Waals surface area contributed by atoms with Gasteiger partial charge in [0.05, 0.1) is 12.2 Å². The summed E-state index contributed by atoms with van der Waals surface area (Å²) in [5.41, 5.74) is 8.33. The molecule has 0 saturated carbocycles. The Morgan fingerprint density at radius 3 is 2.61 bits per heavy atom. The molecule has 18 heavy (non-hydrogen) atoms. The fraction of sp³-hybridized carbons (Fsp3) is 0.600. The Kier molecular flexibility index (Phi) is 4.75. The van der Waals surface area contributed by atoms with Gasteiger partial charge in [-0.2, -0.15) is 0 Å². The van der Waals surface area contributed by atoms with Gasteiger partial charge in [0.2, 0.25) is 0 Å². The minimum atomic E-state index is 0.398. The zero-order valence-electron chi connectivity index (χ0n) is 11.4. The second-order valence-corrected chi connectivity index (χ2v) is 5.32. The highest BCUT2D eigenvalue weighted by molar-refractivity contribution is 5.26. The molecule has 1 saturated heterocycles. The van der Waals surface area contributed by atoms with E-state index in [2.05, 4.69) is 37.1 Å². The summed E-state index contributed by atoms with van der Waals surface area (Å²) in [4.78, 5) is 2.33. The molecule has 2 N–H and O–H groups in total. The summed E-state index contributed by atoms with van der Waals surface area (Å²) in [6.45, 7) is 4.72. The monoisotopic (exact) mass is 248 g/mol. The van der Waals surface area contributed by atoms with Gasteiger partial charge in [-0.15, -0.1) is 0 Å². The highest BCUT2D eigenvalue weighted by Gasteiger charge is 2.22. The molecule has 1 aromatic rings. The number of likely N-dealkylation sites (N-methyl/N-ethyl adjacent to an activating group) is 1. The van der Waals surface area contributed by atoms with Crippen molar-refractivity contribution in [1.29, 1.82) is 0 Å². The molecule has 1 aliphatic heterocycles. The van der Waals surface area contributed by atoms with Crippen LogP contribution in [0.15, 0.2) is 24.3 Å². The third-order valence-corrected chi connectivity index (χ3v) is 3.61. The first-order valence-corrected chi connectivity index (χ1v) is 6.80. The quantitative estimate of drug-likeness (QED) is 0.867. The topological polar surface area (TPSA) is 38.5 Å². The second-order valence-electron chi connectivity index (χ2n) is 5.32. The highest BCUT2D eigenvalue weighted by Crippen LogP contribution is 2.20. The first kappa shape index (κ1) is 13.5. The smallest absolute Gasteiger partial charge is 0.0706 e. The van der Waals surface area contributed by atoms with Crippen LogP contribution in [0.5, 0.6) is 0 Å². The highest BCUT2D eigenvalue weighted by atomic mass is 16.5. The number of rotatable bonds is 5. The van der Waals surface area contributed by atoms with Crippen LogP contribution in [-0.2, 0) is 17.8 Å². The zero-order chi connectivity index (χ0) is 13.0. The van der Waals surface area contributed by atoms with Crippen molar-refractivity contribution in [3.63, 3.8) is 0 Å². The maximum atomic E-state index is 5.86. The number of nitrogens with two attached hydrogens (primary N) is 1. The standard InChI is InChI=1S/C15H24N2O/c1-12-7-8-15(18-12)11-17(2)10-14-6-4-3-5-13(14)9-16/h3-6,12,15H,7-11,16H2,1-2H3. The first-order valence-electron chi connectivity index (χ1n) is 6.80. The average Bonchev–Trinajstić information content (AvgIpc) is 2.75. The summed E-state index contributed by atoms with van der Waals surface area (Å²) < 4.78 is 5.86. The SMILES string of the molecule is CC1CCC(CN(C)Cc2ccccc2CN)O1. The maximum Gasteiger partial charge on any atom is 0.0706 e. The fourth-order valence-electron chi connectivity index (χ4n) is 2.63. The van der Waals surface area contributed by atoms with Crippen LogP contribution in [0.2, 0.25) is 0 Å². The van der Waals surface area contributed by atoms with E-state index in [1.807, 2.05) is 6.07 Å². The molecule has 2 unspecified atom stereocenters. The summed E-state index contributed by atoms with van der Waals surface area (Å²) >= 11 is 0. The van der Waals surface area contributed by atoms with E-state index in [4.69, 9.17) is 10.5 Å². The van der Waals surface area contributed by atoms with Gasteiger partial charge in [0.1, 0.15) is 0 Å². The zero-order valence-corrected chi connectivity index (χ0v) is 11.4. The molecule has 0 aliphatic carbocycles. The molecular weight excluding hydrogens is 224 g/mol. The van der Waals surface area contributed by atoms with Gasteiger partial charge in [0.15, 0.2) is 0 Å². The second kappa shape index (κ2) is 6.32. The van der Waals surface area contributed by atoms with Gasteiger partial charge >= 0.3 is 0 Å². The summed E-state index contributed by atoms with van der Waals surface area (Å²) in [5.74, 6) is 0. The largest absolute Gasteiger partial charge is 0.374 e. The van der Waals surface area contributed by atoms with Crippen molar-refractivity contribution in [3.8, 4) is 0 Å². The number of benzene rings is 1. The van der Waals surface area contributed by atoms with E-state index < -0.39 is 0 Å². The summed E-state index contributed by atoms with van der Waals surface area (Å²) in [6.07, 6.45) is 3.21. The lowest BCUT2D eigenvalue weighted by Gasteiger charge is -2.22. The van der Waals surface area contributed by atoms with Crippen molar-refractivity contribution in [1.82, 2.24) is 4.90 Å². The van der Waals surface area contributed by atoms with Crippen LogP contribution in [0.4, 0.5) is 0 Å². The molecule has 0 amide bonds. The molecule has 2 rings (SSSR count). The van der Waals surface area contributed by atoms with Crippen molar-refractivity contribution in [2.24, 2.45) is 5.73 Å². The van der Waals surface area contributed by atoms with Crippen molar-refractivity contribution in [2.45, 2.75) is 45.1 Å². The predicted molar refractivity (Wildman–Crippen MR) is 74.2 cm³/mol. The predicted octanol–water partition coefficient (Wildman–Crippen LogP) is 2.14. The average molecular weight is 248 g/mol. The van der Waals surface area contributed by atoms with Gasteiger partial charge in [-0.25, -0.2) is 0 Å². The molecule has 1 aliphatic rings. The summed E-state index contributed by atoms with van der Waals surface area (Å²) in [6, 6.07) is 8.40. The van der Waals surface area contributed by atoms with Crippen LogP contribution in [-0.4, -0.2) is 30.7 Å². The van der Waals surface area contributed by atoms with Crippen LogP contribution in [0, 0.1) is 0 Å². The van der Waals surface area contributed by atoms with E-state index in [1.165, 1.54) is 24.0 Å². The lowest BCUT2D eigenvalue weighted by molar-refractivity contribution is 0.0352. The van der Waals surface area contributed by atoms with E-state index >= 15 is 0 Å². The van der Waals surface area contributed by atoms with Gasteiger partial charge in [-0.05, 0) is 37.9 Å². The Bertz CT molecular complexity index is 381. The van der Waals surface area contributed by atoms with Crippen LogP contribution in [0.25, 0.3) is 0 Å². The Morgan fingerprint density at radius 1 is 1.28 bits per heavy atom. The molecule has 2 atom stereocenters. The van der Waals surface area contributed by atoms with Gasteiger partial charge < -0.3 is 10.5 Å². The number of hydrogen-bond acceptors (Lipinski definition) is 3. The lowest BCUT2D eigenvalue weighted by atomic mass is 10.1. The first-order chi connectivity index (χ1) is 8.69. The molecule has 0 radical (unpaired) electrons. The minimum Gasteiger partial charge on any atom is -0.374 e. The van der Waals surface area contributed by atoms with E-state index in [1.54, 1.807) is 0 Å². The van der Waals surface area contributed by atoms with Crippen molar-refractivity contribution in [3.05, 3.63) is 35.4 Å². The Labute approximate surface area is 110 Å². The molecule has 100 valence electrons. The normalized spacial score (nSPS) is 23.8. The molecule has 0 aromatic heterocycles. The summed E-state index contributed by atoms with van der Waals surface area (Å²) in [7, 11) is 2.15. The van der Waals surface area contributed by atoms with Crippen LogP contribution in [0.1, 0.15) is 30.9 Å². The third-order valence-electron chi connectivity index (χ3n) is 3.61. The summed E-state index contributed by atoms with van der Waals surface area (Å²) in [5, 5.41) is 0. The fourth-order valence-corrected chi connectivity index (χ4v) is 2.63. The van der Waals surface area contributed by atoms with E-state index in [0.29, 0.717) is 18.8 Å². The number of hydrogen-bond donors (Lipinski definition) is 1. The van der Waals surface area contributed by atoms with Crippen LogP contribution < -0.4 is 5.73 Å². The molecule has 1 aromatic carbocycles. The van der Waals surface area contributed by atoms with Gasteiger partial charge in [0.25, 0.3) is 0 Å². The van der Waals surface area contributed by atoms with Gasteiger partial charge in [-0.3, -0.25) is 4.90 Å². The van der Waals surface area contributed by atoms with E-state index in [0.717, 1.165) is 13.1 Å². The number of nitrogens with zero attached hydrogens (tertiary/aromatic N) is 1. The molecule has 0 bridgehead atoms.